The first kappa shape index (κ1) is 13.4. The van der Waals surface area contributed by atoms with Gasteiger partial charge in [-0.2, -0.15) is 5.26 Å². The number of nitrogens with zero attached hydrogens (tertiary/aromatic N) is 1. The molecule has 0 amide bonds. The molecule has 0 saturated heterocycles. The minimum Gasteiger partial charge on any atom is -0.396 e. The number of thiophene rings is 1. The molecule has 106 valence electrons. The van der Waals surface area contributed by atoms with Crippen molar-refractivity contribution in [3.8, 4) is 6.07 Å². The van der Waals surface area contributed by atoms with E-state index in [2.05, 4.69) is 11.4 Å². The van der Waals surface area contributed by atoms with Crippen LogP contribution >= 0.6 is 11.3 Å². The Morgan fingerprint density at radius 1 is 1.45 bits per heavy atom. The van der Waals surface area contributed by atoms with Crippen molar-refractivity contribution in [2.45, 2.75) is 45.1 Å². The molecule has 20 heavy (non-hydrogen) atoms. The largest absolute Gasteiger partial charge is 0.396 e. The zero-order valence-corrected chi connectivity index (χ0v) is 12.4. The summed E-state index contributed by atoms with van der Waals surface area (Å²) in [6, 6.07) is 2.62. The average Bonchev–Trinajstić information content (AvgIpc) is 3.34. The van der Waals surface area contributed by atoms with Crippen molar-refractivity contribution in [3.63, 3.8) is 0 Å². The van der Waals surface area contributed by atoms with Crippen molar-refractivity contribution in [1.29, 1.82) is 5.26 Å². The summed E-state index contributed by atoms with van der Waals surface area (Å²) in [6.45, 7) is 1.82. The summed E-state index contributed by atoms with van der Waals surface area (Å²) in [6.07, 6.45) is 5.52. The lowest BCUT2D eigenvalue weighted by Crippen LogP contribution is -2.24. The number of rotatable bonds is 6. The van der Waals surface area contributed by atoms with Gasteiger partial charge in [0.05, 0.1) is 10.6 Å². The third kappa shape index (κ3) is 2.40. The second-order valence-corrected chi connectivity index (χ2v) is 6.80. The molecule has 5 heteroatoms. The minimum atomic E-state index is 0.0199. The average molecular weight is 289 g/mol. The Bertz CT molecular complexity index is 567. The lowest BCUT2D eigenvalue weighted by Gasteiger charge is -2.17. The number of nitriles is 1. The number of hydrogen-bond acceptors (Lipinski definition) is 5. The standard InChI is InChI=1S/C15H19N3OS/c1-2-11(19)14-12(17)10(7-16)15(20-14)18-13(8-3-4-8)9-5-6-9/h8-9,13,18H,2-6,17H2,1H3. The van der Waals surface area contributed by atoms with E-state index in [-0.39, 0.29) is 5.78 Å². The summed E-state index contributed by atoms with van der Waals surface area (Å²) in [7, 11) is 0. The van der Waals surface area contributed by atoms with Gasteiger partial charge in [0.25, 0.3) is 0 Å². The van der Waals surface area contributed by atoms with Gasteiger partial charge in [-0.3, -0.25) is 4.79 Å². The van der Waals surface area contributed by atoms with E-state index in [4.69, 9.17) is 5.73 Å². The number of anilines is 2. The number of Topliss-reactive ketones (excluding diaryl/α,β-unsaturated/α-hetero) is 1. The van der Waals surface area contributed by atoms with Crippen molar-refractivity contribution in [2.75, 3.05) is 11.1 Å². The normalized spacial score (nSPS) is 18.1. The fourth-order valence-corrected chi connectivity index (χ4v) is 3.83. The maximum atomic E-state index is 11.9. The molecule has 0 aliphatic heterocycles. The van der Waals surface area contributed by atoms with Gasteiger partial charge < -0.3 is 11.1 Å². The molecule has 0 bridgehead atoms. The van der Waals surface area contributed by atoms with Gasteiger partial charge in [0.1, 0.15) is 16.6 Å². The molecule has 0 aromatic carbocycles. The highest BCUT2D eigenvalue weighted by Crippen LogP contribution is 2.47. The van der Waals surface area contributed by atoms with Crippen LogP contribution in [0.1, 0.15) is 54.3 Å². The van der Waals surface area contributed by atoms with Gasteiger partial charge in [-0.15, -0.1) is 11.3 Å². The molecule has 0 atom stereocenters. The summed E-state index contributed by atoms with van der Waals surface area (Å²) in [5.41, 5.74) is 6.79. The van der Waals surface area contributed by atoms with Crippen molar-refractivity contribution < 1.29 is 4.79 Å². The number of nitrogens with two attached hydrogens (primary N) is 1. The van der Waals surface area contributed by atoms with Crippen LogP contribution < -0.4 is 11.1 Å². The lowest BCUT2D eigenvalue weighted by atomic mass is 10.1. The monoisotopic (exact) mass is 289 g/mol. The van der Waals surface area contributed by atoms with Crippen LogP contribution in [-0.4, -0.2) is 11.8 Å². The van der Waals surface area contributed by atoms with Crippen LogP contribution in [0.4, 0.5) is 10.7 Å². The highest BCUT2D eigenvalue weighted by Gasteiger charge is 2.42. The third-order valence-corrected chi connectivity index (χ3v) is 5.37. The number of hydrogen-bond donors (Lipinski definition) is 2. The van der Waals surface area contributed by atoms with E-state index in [1.54, 1.807) is 0 Å². The molecule has 2 aliphatic rings. The molecule has 0 radical (unpaired) electrons. The molecule has 2 fully saturated rings. The molecule has 0 unspecified atom stereocenters. The van der Waals surface area contributed by atoms with E-state index >= 15 is 0 Å². The number of nitrogens with one attached hydrogen (secondary N) is 1. The van der Waals surface area contributed by atoms with E-state index < -0.39 is 0 Å². The predicted molar refractivity (Wildman–Crippen MR) is 80.9 cm³/mol. The maximum Gasteiger partial charge on any atom is 0.174 e. The number of nitrogen functional groups attached to an aromatic ring is 1. The van der Waals surface area contributed by atoms with Gasteiger partial charge in [-0.25, -0.2) is 0 Å². The van der Waals surface area contributed by atoms with E-state index in [1.807, 2.05) is 6.92 Å². The summed E-state index contributed by atoms with van der Waals surface area (Å²) in [4.78, 5) is 12.4. The highest BCUT2D eigenvalue weighted by molar-refractivity contribution is 7.19. The number of ketones is 1. The Kier molecular flexibility index (Phi) is 3.43. The molecular weight excluding hydrogens is 270 g/mol. The lowest BCUT2D eigenvalue weighted by molar-refractivity contribution is 0.0993. The Morgan fingerprint density at radius 3 is 2.50 bits per heavy atom. The minimum absolute atomic E-state index is 0.0199. The second kappa shape index (κ2) is 5.10. The van der Waals surface area contributed by atoms with Crippen LogP contribution in [0.25, 0.3) is 0 Å². The van der Waals surface area contributed by atoms with Crippen molar-refractivity contribution in [1.82, 2.24) is 0 Å². The first-order valence-corrected chi connectivity index (χ1v) is 8.09. The van der Waals surface area contributed by atoms with Crippen molar-refractivity contribution in [2.24, 2.45) is 11.8 Å². The van der Waals surface area contributed by atoms with Gasteiger partial charge in [-0.05, 0) is 37.5 Å². The van der Waals surface area contributed by atoms with Gasteiger partial charge in [0, 0.05) is 12.5 Å². The van der Waals surface area contributed by atoms with Crippen molar-refractivity contribution in [3.05, 3.63) is 10.4 Å². The zero-order valence-electron chi connectivity index (χ0n) is 11.6. The Balaban J connectivity index is 1.88. The molecule has 4 nitrogen and oxygen atoms in total. The molecule has 2 aliphatic carbocycles. The van der Waals surface area contributed by atoms with Crippen LogP contribution in [0.2, 0.25) is 0 Å². The van der Waals surface area contributed by atoms with Crippen LogP contribution in [0, 0.1) is 23.2 Å². The molecule has 3 rings (SSSR count). The Hall–Kier alpha value is -1.54. The first-order valence-electron chi connectivity index (χ1n) is 7.27. The summed E-state index contributed by atoms with van der Waals surface area (Å²) in [5, 5.41) is 13.6. The third-order valence-electron chi connectivity index (χ3n) is 4.19. The molecule has 2 saturated carbocycles. The van der Waals surface area contributed by atoms with Gasteiger partial charge >= 0.3 is 0 Å². The van der Waals surface area contributed by atoms with E-state index in [9.17, 15) is 10.1 Å². The highest BCUT2D eigenvalue weighted by atomic mass is 32.1. The van der Waals surface area contributed by atoms with E-state index in [1.165, 1.54) is 37.0 Å². The first-order chi connectivity index (χ1) is 9.65. The fraction of sp³-hybridized carbons (Fsp3) is 0.600. The second-order valence-electron chi connectivity index (χ2n) is 5.78. The van der Waals surface area contributed by atoms with Crippen LogP contribution in [0.15, 0.2) is 0 Å². The van der Waals surface area contributed by atoms with Crippen LogP contribution in [-0.2, 0) is 0 Å². The zero-order chi connectivity index (χ0) is 14.3. The Labute approximate surface area is 123 Å². The molecular formula is C15H19N3OS. The van der Waals surface area contributed by atoms with Crippen LogP contribution in [0.5, 0.6) is 0 Å². The fourth-order valence-electron chi connectivity index (χ4n) is 2.71. The van der Waals surface area contributed by atoms with E-state index in [0.29, 0.717) is 28.6 Å². The van der Waals surface area contributed by atoms with Gasteiger partial charge in [0.15, 0.2) is 5.78 Å². The van der Waals surface area contributed by atoms with Crippen molar-refractivity contribution >= 4 is 27.8 Å². The summed E-state index contributed by atoms with van der Waals surface area (Å²) >= 11 is 1.35. The maximum absolute atomic E-state index is 11.9. The molecule has 3 N–H and O–H groups in total. The summed E-state index contributed by atoms with van der Waals surface area (Å²) < 4.78 is 0. The molecule has 1 heterocycles. The molecule has 1 aromatic rings. The number of carbonyl (C=O) groups excluding carboxylic acids is 1. The summed E-state index contributed by atoms with van der Waals surface area (Å²) in [5.74, 6) is 1.50. The Morgan fingerprint density at radius 2 is 2.05 bits per heavy atom. The SMILES string of the molecule is CCC(=O)c1sc(NC(C2CC2)C2CC2)c(C#N)c1N. The predicted octanol–water partition coefficient (Wildman–Crippen LogP) is 3.40. The van der Waals surface area contributed by atoms with Crippen LogP contribution in [0.3, 0.4) is 0 Å². The topological polar surface area (TPSA) is 78.9 Å². The van der Waals surface area contributed by atoms with Gasteiger partial charge in [-0.1, -0.05) is 6.92 Å². The molecule has 0 spiro atoms. The quantitative estimate of drug-likeness (QED) is 0.787. The number of carbonyl (C=O) groups is 1. The smallest absolute Gasteiger partial charge is 0.174 e. The van der Waals surface area contributed by atoms with Gasteiger partial charge in [0.2, 0.25) is 0 Å². The molecule has 1 aromatic heterocycles. The van der Waals surface area contributed by atoms with E-state index in [0.717, 1.165) is 16.8 Å².